The molecule has 0 radical (unpaired) electrons. The first-order valence-corrected chi connectivity index (χ1v) is 13.8. The van der Waals surface area contributed by atoms with Gasteiger partial charge < -0.3 is 20.1 Å². The summed E-state index contributed by atoms with van der Waals surface area (Å²) < 4.78 is 64.8. The van der Waals surface area contributed by atoms with Gasteiger partial charge in [-0.2, -0.15) is 0 Å². The maximum Gasteiger partial charge on any atom is 0.283 e. The second-order valence-electron chi connectivity index (χ2n) is 10.3. The quantitative estimate of drug-likeness (QED) is 0.298. The average Bonchev–Trinajstić information content (AvgIpc) is 3.26. The molecule has 5 rings (SSSR count). The number of hydrogen-bond donors (Lipinski definition) is 3. The SMILES string of the molecule is CC.CC1Cc2c([nH]c3ccccc23)CN1CC(F)(F)CO.OC(c1cc(F)cc(F)c1)C1CN(CCCF)C1. The van der Waals surface area contributed by atoms with Gasteiger partial charge in [0, 0.05) is 60.8 Å². The summed E-state index contributed by atoms with van der Waals surface area (Å²) in [4.78, 5) is 7.07. The molecule has 0 amide bonds. The number of aliphatic hydroxyl groups is 2. The summed E-state index contributed by atoms with van der Waals surface area (Å²) in [5, 5.41) is 19.9. The maximum absolute atomic E-state index is 13.4. The Bertz CT molecular complexity index is 1200. The number of aromatic nitrogens is 1. The Morgan fingerprint density at radius 1 is 1.07 bits per heavy atom. The molecule has 0 saturated carbocycles. The van der Waals surface area contributed by atoms with Crippen molar-refractivity contribution in [1.82, 2.24) is 14.8 Å². The molecule has 1 aromatic heterocycles. The largest absolute Gasteiger partial charge is 0.390 e. The molecule has 2 aliphatic rings. The fourth-order valence-electron chi connectivity index (χ4n) is 5.26. The van der Waals surface area contributed by atoms with E-state index in [0.29, 0.717) is 32.6 Å². The lowest BCUT2D eigenvalue weighted by molar-refractivity contribution is -0.0819. The summed E-state index contributed by atoms with van der Waals surface area (Å²) in [6.45, 7) is 6.52. The molecule has 0 spiro atoms. The second-order valence-corrected chi connectivity index (χ2v) is 10.3. The zero-order chi connectivity index (χ0) is 29.4. The van der Waals surface area contributed by atoms with E-state index in [4.69, 9.17) is 5.11 Å². The van der Waals surface area contributed by atoms with Crippen LogP contribution in [-0.4, -0.2) is 76.4 Å². The van der Waals surface area contributed by atoms with Crippen molar-refractivity contribution in [2.24, 2.45) is 5.92 Å². The predicted molar refractivity (Wildman–Crippen MR) is 147 cm³/mol. The Balaban J connectivity index is 0.000000209. The fourth-order valence-corrected chi connectivity index (χ4v) is 5.26. The number of nitrogens with zero attached hydrogens (tertiary/aromatic N) is 2. The van der Waals surface area contributed by atoms with Gasteiger partial charge in [-0.25, -0.2) is 17.6 Å². The minimum Gasteiger partial charge on any atom is -0.390 e. The van der Waals surface area contributed by atoms with Crippen LogP contribution in [0.25, 0.3) is 10.9 Å². The summed E-state index contributed by atoms with van der Waals surface area (Å²) in [6, 6.07) is 11.2. The monoisotopic (exact) mass is 569 g/mol. The van der Waals surface area contributed by atoms with Gasteiger partial charge in [-0.05, 0) is 49.1 Å². The number of hydrogen-bond acceptors (Lipinski definition) is 4. The summed E-state index contributed by atoms with van der Waals surface area (Å²) in [5.41, 5.74) is 3.57. The van der Waals surface area contributed by atoms with Gasteiger partial charge in [0.2, 0.25) is 0 Å². The van der Waals surface area contributed by atoms with Crippen LogP contribution in [0, 0.1) is 17.6 Å². The van der Waals surface area contributed by atoms with Crippen molar-refractivity contribution in [1.29, 1.82) is 0 Å². The number of para-hydroxylation sites is 1. The molecule has 0 aliphatic carbocycles. The smallest absolute Gasteiger partial charge is 0.283 e. The summed E-state index contributed by atoms with van der Waals surface area (Å²) >= 11 is 0. The molecule has 2 aliphatic heterocycles. The van der Waals surface area contributed by atoms with Crippen molar-refractivity contribution in [3.05, 3.63) is 70.9 Å². The molecule has 3 aromatic rings. The molecule has 40 heavy (non-hydrogen) atoms. The van der Waals surface area contributed by atoms with Crippen molar-refractivity contribution >= 4 is 10.9 Å². The topological polar surface area (TPSA) is 62.7 Å². The third-order valence-corrected chi connectivity index (χ3v) is 7.32. The minimum absolute atomic E-state index is 0.0363. The summed E-state index contributed by atoms with van der Waals surface area (Å²) in [5.74, 6) is -4.45. The molecular weight excluding hydrogens is 529 g/mol. The maximum atomic E-state index is 13.4. The highest BCUT2D eigenvalue weighted by Crippen LogP contribution is 2.32. The standard InChI is InChI=1S/C15H18F2N2O.C13H16F3NO.C2H6/c1-10-6-12-11-4-2-3-5-13(11)18-14(12)7-19(10)8-15(16,17)9-20;14-2-1-3-17-7-10(8-17)13(18)9-4-11(15)6-12(16)5-9;1-2/h2-5,10,18,20H,6-9H2,1H3;4-6,10,13,18H,1-3,7-8H2;1-2H3. The molecule has 2 aromatic carbocycles. The third-order valence-electron chi connectivity index (χ3n) is 7.32. The number of likely N-dealkylation sites (tertiary alicyclic amines) is 1. The molecule has 3 heterocycles. The van der Waals surface area contributed by atoms with E-state index in [0.717, 1.165) is 35.8 Å². The van der Waals surface area contributed by atoms with Crippen LogP contribution in [0.15, 0.2) is 42.5 Å². The molecule has 2 atom stereocenters. The third kappa shape index (κ3) is 8.02. The van der Waals surface area contributed by atoms with Gasteiger partial charge in [-0.15, -0.1) is 0 Å². The number of halogens is 5. The Hall–Kier alpha value is -2.53. The lowest BCUT2D eigenvalue weighted by atomic mass is 9.89. The van der Waals surface area contributed by atoms with Gasteiger partial charge in [-0.3, -0.25) is 9.29 Å². The number of alkyl halides is 3. The van der Waals surface area contributed by atoms with E-state index in [9.17, 15) is 27.1 Å². The predicted octanol–water partition coefficient (Wildman–Crippen LogP) is 5.86. The van der Waals surface area contributed by atoms with Crippen LogP contribution in [-0.2, 0) is 13.0 Å². The summed E-state index contributed by atoms with van der Waals surface area (Å²) in [7, 11) is 0. The molecule has 2 unspecified atom stereocenters. The first-order chi connectivity index (χ1) is 19.1. The first kappa shape index (κ1) is 32.0. The van der Waals surface area contributed by atoms with Gasteiger partial charge >= 0.3 is 0 Å². The van der Waals surface area contributed by atoms with Crippen molar-refractivity contribution < 1.29 is 32.2 Å². The van der Waals surface area contributed by atoms with Crippen LogP contribution >= 0.6 is 0 Å². The number of fused-ring (bicyclic) bond motifs is 3. The number of H-pyrrole nitrogens is 1. The van der Waals surface area contributed by atoms with Crippen molar-refractivity contribution in [3.63, 3.8) is 0 Å². The van der Waals surface area contributed by atoms with Crippen LogP contribution in [0.4, 0.5) is 22.0 Å². The van der Waals surface area contributed by atoms with Crippen molar-refractivity contribution in [2.45, 2.75) is 58.2 Å². The van der Waals surface area contributed by atoms with E-state index in [2.05, 4.69) is 11.1 Å². The van der Waals surface area contributed by atoms with Gasteiger partial charge in [-0.1, -0.05) is 32.0 Å². The molecule has 5 nitrogen and oxygen atoms in total. The molecule has 1 saturated heterocycles. The van der Waals surface area contributed by atoms with Crippen molar-refractivity contribution in [3.8, 4) is 0 Å². The number of rotatable bonds is 8. The number of aliphatic hydroxyl groups excluding tert-OH is 2. The van der Waals surface area contributed by atoms with E-state index in [1.807, 2.05) is 43.9 Å². The zero-order valence-electron chi connectivity index (χ0n) is 23.3. The van der Waals surface area contributed by atoms with E-state index < -0.39 is 36.8 Å². The van der Waals surface area contributed by atoms with E-state index in [1.165, 1.54) is 10.9 Å². The molecule has 0 bridgehead atoms. The Morgan fingerprint density at radius 3 is 2.35 bits per heavy atom. The minimum atomic E-state index is -3.04. The highest BCUT2D eigenvalue weighted by atomic mass is 19.3. The Labute approximate surface area is 232 Å². The van der Waals surface area contributed by atoms with Crippen molar-refractivity contribution in [2.75, 3.05) is 39.5 Å². The lowest BCUT2D eigenvalue weighted by Gasteiger charge is -2.41. The Morgan fingerprint density at radius 2 is 1.73 bits per heavy atom. The van der Waals surface area contributed by atoms with Crippen LogP contribution in [0.1, 0.15) is 50.1 Å². The van der Waals surface area contributed by atoms with Gasteiger partial charge in [0.15, 0.2) is 0 Å². The lowest BCUT2D eigenvalue weighted by Crippen LogP contribution is -2.49. The summed E-state index contributed by atoms with van der Waals surface area (Å²) in [6.07, 6.45) is 0.370. The average molecular weight is 570 g/mol. The molecule has 10 heteroatoms. The van der Waals surface area contributed by atoms with E-state index in [1.54, 1.807) is 4.90 Å². The van der Waals surface area contributed by atoms with Gasteiger partial charge in [0.25, 0.3) is 5.92 Å². The first-order valence-electron chi connectivity index (χ1n) is 13.8. The fraction of sp³-hybridized carbons (Fsp3) is 0.533. The number of benzene rings is 2. The highest BCUT2D eigenvalue weighted by molar-refractivity contribution is 5.84. The molecule has 1 fully saturated rings. The molecule has 222 valence electrons. The molecular formula is C30H40F5N3O2. The van der Waals surface area contributed by atoms with Crippen LogP contribution in [0.5, 0.6) is 0 Å². The van der Waals surface area contributed by atoms with E-state index >= 15 is 0 Å². The highest BCUT2D eigenvalue weighted by Gasteiger charge is 2.36. The Kier molecular flexibility index (Phi) is 11.5. The van der Waals surface area contributed by atoms with Crippen LogP contribution < -0.4 is 0 Å². The van der Waals surface area contributed by atoms with E-state index in [-0.39, 0.29) is 24.2 Å². The number of aromatic amines is 1. The van der Waals surface area contributed by atoms with Gasteiger partial charge in [0.1, 0.15) is 18.2 Å². The molecule has 3 N–H and O–H groups in total. The zero-order valence-corrected chi connectivity index (χ0v) is 23.3. The normalized spacial score (nSPS) is 18.7. The van der Waals surface area contributed by atoms with Crippen LogP contribution in [0.2, 0.25) is 0 Å². The van der Waals surface area contributed by atoms with Gasteiger partial charge in [0.05, 0.1) is 19.3 Å². The second kappa shape index (κ2) is 14.4. The number of nitrogens with one attached hydrogen (secondary N) is 1. The van der Waals surface area contributed by atoms with Crippen LogP contribution in [0.3, 0.4) is 0 Å².